The van der Waals surface area contributed by atoms with E-state index in [0.29, 0.717) is 36.4 Å². The van der Waals surface area contributed by atoms with Crippen LogP contribution in [-0.4, -0.2) is 58.7 Å². The molecule has 9 nitrogen and oxygen atoms in total. The summed E-state index contributed by atoms with van der Waals surface area (Å²) in [5.41, 5.74) is 2.87. The van der Waals surface area contributed by atoms with Gasteiger partial charge in [0, 0.05) is 24.2 Å². The molecule has 1 aliphatic rings. The van der Waals surface area contributed by atoms with Gasteiger partial charge in [0.05, 0.1) is 16.5 Å². The lowest BCUT2D eigenvalue weighted by Gasteiger charge is -2.26. The zero-order chi connectivity index (χ0) is 28.1. The molecular formula is C30H31N3O6. The molecule has 4 rings (SSSR count). The van der Waals surface area contributed by atoms with Crippen molar-refractivity contribution < 1.29 is 24.4 Å². The molecule has 1 aliphatic heterocycles. The van der Waals surface area contributed by atoms with Gasteiger partial charge in [-0.1, -0.05) is 29.8 Å². The first kappa shape index (κ1) is 27.5. The number of aryl methyl sites for hydroxylation is 1. The molecule has 0 unspecified atom stereocenters. The van der Waals surface area contributed by atoms with E-state index in [1.807, 2.05) is 50.2 Å². The number of nitrogens with zero attached hydrogens (tertiary/aromatic N) is 3. The van der Waals surface area contributed by atoms with Gasteiger partial charge in [-0.25, -0.2) is 0 Å². The molecule has 1 saturated heterocycles. The van der Waals surface area contributed by atoms with Crippen LogP contribution in [0.2, 0.25) is 0 Å². The average Bonchev–Trinajstić information content (AvgIpc) is 3.17. The quantitative estimate of drug-likeness (QED) is 0.131. The van der Waals surface area contributed by atoms with Crippen LogP contribution in [0.4, 0.5) is 5.69 Å². The van der Waals surface area contributed by atoms with Crippen molar-refractivity contribution in [2.24, 2.45) is 0 Å². The minimum Gasteiger partial charge on any atom is -0.507 e. The van der Waals surface area contributed by atoms with Crippen molar-refractivity contribution in [1.29, 1.82) is 0 Å². The number of aliphatic hydroxyl groups excluding tert-OH is 1. The molecule has 202 valence electrons. The predicted octanol–water partition coefficient (Wildman–Crippen LogP) is 4.86. The fraction of sp³-hybridized carbons (Fsp3) is 0.267. The summed E-state index contributed by atoms with van der Waals surface area (Å²) in [5, 5.41) is 22.4. The van der Waals surface area contributed by atoms with Crippen molar-refractivity contribution in [1.82, 2.24) is 9.80 Å². The van der Waals surface area contributed by atoms with Gasteiger partial charge in [-0.05, 0) is 81.5 Å². The van der Waals surface area contributed by atoms with E-state index in [2.05, 4.69) is 0 Å². The number of hydrogen-bond donors (Lipinski definition) is 1. The van der Waals surface area contributed by atoms with Gasteiger partial charge in [-0.15, -0.1) is 0 Å². The number of aliphatic hydroxyl groups is 1. The van der Waals surface area contributed by atoms with Crippen LogP contribution in [0.25, 0.3) is 5.76 Å². The first-order valence-corrected chi connectivity index (χ1v) is 12.6. The first-order chi connectivity index (χ1) is 18.7. The highest BCUT2D eigenvalue weighted by molar-refractivity contribution is 6.46. The largest absolute Gasteiger partial charge is 0.507 e. The molecule has 1 heterocycles. The van der Waals surface area contributed by atoms with Crippen molar-refractivity contribution in [3.63, 3.8) is 0 Å². The Balaban J connectivity index is 1.64. The van der Waals surface area contributed by atoms with E-state index in [1.165, 1.54) is 29.2 Å². The van der Waals surface area contributed by atoms with E-state index in [9.17, 15) is 24.8 Å². The minimum atomic E-state index is -0.870. The molecule has 1 N–H and O–H groups in total. The molecule has 3 aromatic carbocycles. The second-order valence-corrected chi connectivity index (χ2v) is 9.80. The second kappa shape index (κ2) is 11.9. The number of carbonyl (C=O) groups excluding carboxylic acids is 2. The molecule has 0 aliphatic carbocycles. The maximum absolute atomic E-state index is 13.2. The lowest BCUT2D eigenvalue weighted by Crippen LogP contribution is -2.32. The number of hydrogen-bond acceptors (Lipinski definition) is 7. The average molecular weight is 530 g/mol. The number of nitro benzene ring substituents is 1. The number of non-ortho nitro benzene ring substituents is 1. The number of likely N-dealkylation sites (tertiary alicyclic amines) is 1. The van der Waals surface area contributed by atoms with Gasteiger partial charge >= 0.3 is 0 Å². The van der Waals surface area contributed by atoms with Gasteiger partial charge in [0.25, 0.3) is 17.4 Å². The van der Waals surface area contributed by atoms with Crippen LogP contribution in [0.15, 0.2) is 78.4 Å². The molecule has 0 radical (unpaired) electrons. The molecular weight excluding hydrogens is 498 g/mol. The zero-order valence-electron chi connectivity index (χ0n) is 22.2. The summed E-state index contributed by atoms with van der Waals surface area (Å²) in [6.45, 7) is 3.37. The van der Waals surface area contributed by atoms with E-state index < -0.39 is 22.7 Å². The monoisotopic (exact) mass is 529 g/mol. The van der Waals surface area contributed by atoms with Crippen molar-refractivity contribution in [3.05, 3.63) is 111 Å². The highest BCUT2D eigenvalue weighted by Gasteiger charge is 2.45. The van der Waals surface area contributed by atoms with E-state index in [4.69, 9.17) is 4.74 Å². The molecule has 0 spiro atoms. The summed E-state index contributed by atoms with van der Waals surface area (Å²) in [5.74, 6) is -1.22. The third-order valence-electron chi connectivity index (χ3n) is 6.58. The van der Waals surface area contributed by atoms with E-state index >= 15 is 0 Å². The molecule has 1 atom stereocenters. The van der Waals surface area contributed by atoms with E-state index in [0.717, 1.165) is 11.1 Å². The van der Waals surface area contributed by atoms with Gasteiger partial charge in [0.1, 0.15) is 18.1 Å². The van der Waals surface area contributed by atoms with Crippen LogP contribution in [0.5, 0.6) is 5.75 Å². The smallest absolute Gasteiger partial charge is 0.295 e. The molecule has 0 aromatic heterocycles. The highest BCUT2D eigenvalue weighted by Crippen LogP contribution is 2.40. The van der Waals surface area contributed by atoms with Gasteiger partial charge < -0.3 is 19.6 Å². The van der Waals surface area contributed by atoms with Crippen molar-refractivity contribution in [3.8, 4) is 5.75 Å². The third-order valence-corrected chi connectivity index (χ3v) is 6.58. The summed E-state index contributed by atoms with van der Waals surface area (Å²) in [6, 6.07) is 19.5. The molecule has 39 heavy (non-hydrogen) atoms. The standard InChI is InChI=1S/C30H31N3O6/c1-20-6-4-7-21(18-20)19-39-25-14-10-23(11-15-25)28(34)26-27(22-8-12-24(13-9-22)33(37)38)32(30(36)29(26)35)17-5-16-31(2)3/h4,6-15,18,27,34H,5,16-17,19H2,1-3H3/b28-26+/t27-/m1/s1. The molecule has 0 saturated carbocycles. The predicted molar refractivity (Wildman–Crippen MR) is 147 cm³/mol. The maximum atomic E-state index is 13.2. The SMILES string of the molecule is Cc1cccc(COc2ccc(/C(O)=C3\C(=O)C(=O)N(CCCN(C)C)[C@@H]3c3ccc([N+](=O)[O-])cc3)cc2)c1. The Bertz CT molecular complexity index is 1400. The molecule has 1 fully saturated rings. The van der Waals surface area contributed by atoms with Crippen molar-refractivity contribution in [2.75, 3.05) is 27.2 Å². The van der Waals surface area contributed by atoms with Gasteiger partial charge in [0.15, 0.2) is 0 Å². The molecule has 1 amide bonds. The number of benzene rings is 3. The maximum Gasteiger partial charge on any atom is 0.295 e. The van der Waals surface area contributed by atoms with Gasteiger partial charge in [-0.3, -0.25) is 19.7 Å². The Morgan fingerprint density at radius 3 is 2.36 bits per heavy atom. The summed E-state index contributed by atoms with van der Waals surface area (Å²) in [6.07, 6.45) is 0.608. The molecule has 9 heteroatoms. The number of carbonyl (C=O) groups is 2. The number of Topliss-reactive ketones (excluding diaryl/α,β-unsaturated/α-hetero) is 1. The van der Waals surface area contributed by atoms with Crippen LogP contribution < -0.4 is 4.74 Å². The van der Waals surface area contributed by atoms with Gasteiger partial charge in [0.2, 0.25) is 0 Å². The van der Waals surface area contributed by atoms with E-state index in [-0.39, 0.29) is 23.6 Å². The fourth-order valence-corrected chi connectivity index (χ4v) is 4.63. The van der Waals surface area contributed by atoms with Crippen LogP contribution in [0.3, 0.4) is 0 Å². The number of ether oxygens (including phenoxy) is 1. The number of rotatable bonds is 10. The van der Waals surface area contributed by atoms with Crippen molar-refractivity contribution >= 4 is 23.1 Å². The second-order valence-electron chi connectivity index (χ2n) is 9.80. The lowest BCUT2D eigenvalue weighted by atomic mass is 9.95. The highest BCUT2D eigenvalue weighted by atomic mass is 16.6. The third kappa shape index (κ3) is 6.32. The van der Waals surface area contributed by atoms with Crippen LogP contribution >= 0.6 is 0 Å². The summed E-state index contributed by atoms with van der Waals surface area (Å²) in [4.78, 5) is 40.3. The Kier molecular flexibility index (Phi) is 8.41. The lowest BCUT2D eigenvalue weighted by molar-refractivity contribution is -0.384. The zero-order valence-corrected chi connectivity index (χ0v) is 22.2. The minimum absolute atomic E-state index is 0.0489. The summed E-state index contributed by atoms with van der Waals surface area (Å²) in [7, 11) is 3.83. The Hall–Kier alpha value is -4.50. The van der Waals surface area contributed by atoms with Crippen molar-refractivity contribution in [2.45, 2.75) is 26.0 Å². The number of ketones is 1. The van der Waals surface area contributed by atoms with Crippen LogP contribution in [-0.2, 0) is 16.2 Å². The summed E-state index contributed by atoms with van der Waals surface area (Å²) < 4.78 is 5.86. The van der Waals surface area contributed by atoms with Gasteiger partial charge in [-0.2, -0.15) is 0 Å². The topological polar surface area (TPSA) is 113 Å². The van der Waals surface area contributed by atoms with Crippen LogP contribution in [0.1, 0.15) is 34.7 Å². The Labute approximate surface area is 227 Å². The first-order valence-electron chi connectivity index (χ1n) is 12.6. The number of nitro groups is 1. The van der Waals surface area contributed by atoms with Crippen LogP contribution in [0, 0.1) is 17.0 Å². The summed E-state index contributed by atoms with van der Waals surface area (Å²) >= 11 is 0. The Morgan fingerprint density at radius 2 is 1.74 bits per heavy atom. The fourth-order valence-electron chi connectivity index (χ4n) is 4.63. The molecule has 3 aromatic rings. The van der Waals surface area contributed by atoms with E-state index in [1.54, 1.807) is 24.3 Å². The Morgan fingerprint density at radius 1 is 1.05 bits per heavy atom. The normalized spacial score (nSPS) is 16.6. The number of amides is 1. The molecule has 0 bridgehead atoms.